The van der Waals surface area contributed by atoms with Crippen molar-refractivity contribution in [2.45, 2.75) is 12.8 Å². The fourth-order valence-corrected chi connectivity index (χ4v) is 2.21. The molecule has 84 valence electrons. The Morgan fingerprint density at radius 3 is 3.00 bits per heavy atom. The van der Waals surface area contributed by atoms with E-state index in [0.717, 1.165) is 6.54 Å². The molecule has 1 aromatic rings. The molecule has 1 aliphatic carbocycles. The third kappa shape index (κ3) is 2.52. The second-order valence-corrected chi connectivity index (χ2v) is 4.85. The topological polar surface area (TPSA) is 53.4 Å². The highest BCUT2D eigenvalue weighted by molar-refractivity contribution is 7.17. The summed E-state index contributed by atoms with van der Waals surface area (Å²) in [6.45, 7) is 1.37. The van der Waals surface area contributed by atoms with Crippen LogP contribution in [0.2, 0.25) is 0 Å². The minimum atomic E-state index is -0.934. The van der Waals surface area contributed by atoms with Gasteiger partial charge in [-0.3, -0.25) is 0 Å². The molecule has 0 unspecified atom stereocenters. The van der Waals surface area contributed by atoms with Crippen molar-refractivity contribution in [2.24, 2.45) is 5.92 Å². The molecule has 0 aromatic carbocycles. The lowest BCUT2D eigenvalue weighted by atomic mass is 10.4. The van der Waals surface area contributed by atoms with Gasteiger partial charge in [-0.05, 0) is 18.8 Å². The minimum Gasteiger partial charge on any atom is -0.477 e. The van der Waals surface area contributed by atoms with Crippen molar-refractivity contribution >= 4 is 22.4 Å². The number of carboxylic acids is 1. The maximum Gasteiger partial charge on any atom is 0.347 e. The smallest absolute Gasteiger partial charge is 0.347 e. The van der Waals surface area contributed by atoms with Gasteiger partial charge in [0.1, 0.15) is 4.88 Å². The maximum atomic E-state index is 10.7. The molecule has 0 aliphatic heterocycles. The first-order chi connectivity index (χ1) is 7.70. The molecule has 1 N–H and O–H groups in total. The Kier molecular flexibility index (Phi) is 3.11. The Labute approximate surface area is 97.9 Å². The van der Waals surface area contributed by atoms with Gasteiger partial charge < -0.3 is 10.0 Å². The van der Waals surface area contributed by atoms with Gasteiger partial charge >= 0.3 is 5.97 Å². The molecule has 1 fully saturated rings. The molecule has 0 radical (unpaired) electrons. The third-order valence-corrected chi connectivity index (χ3v) is 3.48. The van der Waals surface area contributed by atoms with Crippen LogP contribution in [0.5, 0.6) is 0 Å². The Bertz CT molecular complexity index is 431. The number of nitrogens with zero attached hydrogens (tertiary/aromatic N) is 2. The van der Waals surface area contributed by atoms with E-state index in [2.05, 4.69) is 10.9 Å². The first-order valence-corrected chi connectivity index (χ1v) is 5.90. The van der Waals surface area contributed by atoms with E-state index in [1.165, 1.54) is 30.4 Å². The van der Waals surface area contributed by atoms with E-state index < -0.39 is 5.97 Å². The predicted octanol–water partition coefficient (Wildman–Crippen LogP) is 1.69. The normalized spacial score (nSPS) is 14.4. The zero-order valence-electron chi connectivity index (χ0n) is 8.72. The SMILES string of the molecule is C#CCN(CC1CC1)c1ncc(C(=O)O)s1. The zero-order valence-corrected chi connectivity index (χ0v) is 9.54. The summed E-state index contributed by atoms with van der Waals surface area (Å²) >= 11 is 1.18. The number of terminal acetylenes is 1. The molecule has 1 aromatic heterocycles. The monoisotopic (exact) mass is 236 g/mol. The average molecular weight is 236 g/mol. The summed E-state index contributed by atoms with van der Waals surface area (Å²) in [6, 6.07) is 0. The lowest BCUT2D eigenvalue weighted by Crippen LogP contribution is -2.25. The van der Waals surface area contributed by atoms with Crippen LogP contribution in [0.25, 0.3) is 0 Å². The van der Waals surface area contributed by atoms with E-state index in [-0.39, 0.29) is 4.88 Å². The number of carboxylic acid groups (broad SMARTS) is 1. The van der Waals surface area contributed by atoms with Crippen LogP contribution >= 0.6 is 11.3 Å². The highest BCUT2D eigenvalue weighted by Gasteiger charge is 2.25. The van der Waals surface area contributed by atoms with Crippen LogP contribution in [0.15, 0.2) is 6.20 Å². The van der Waals surface area contributed by atoms with Gasteiger partial charge in [0.25, 0.3) is 0 Å². The summed E-state index contributed by atoms with van der Waals surface area (Å²) in [6.07, 6.45) is 9.15. The van der Waals surface area contributed by atoms with E-state index in [1.54, 1.807) is 0 Å². The molecule has 16 heavy (non-hydrogen) atoms. The molecule has 0 atom stereocenters. The first kappa shape index (κ1) is 11.0. The van der Waals surface area contributed by atoms with Gasteiger partial charge in [0.05, 0.1) is 12.7 Å². The predicted molar refractivity (Wildman–Crippen MR) is 62.8 cm³/mol. The molecular formula is C11H12N2O2S. The third-order valence-electron chi connectivity index (χ3n) is 2.43. The summed E-state index contributed by atoms with van der Waals surface area (Å²) in [4.78, 5) is 17.1. The molecule has 1 aliphatic rings. The highest BCUT2D eigenvalue weighted by atomic mass is 32.1. The van der Waals surface area contributed by atoms with Gasteiger partial charge in [-0.25, -0.2) is 9.78 Å². The summed E-state index contributed by atoms with van der Waals surface area (Å²) < 4.78 is 0. The maximum absolute atomic E-state index is 10.7. The fourth-order valence-electron chi connectivity index (χ4n) is 1.44. The molecule has 0 amide bonds. The van der Waals surface area contributed by atoms with Crippen molar-refractivity contribution < 1.29 is 9.90 Å². The van der Waals surface area contributed by atoms with E-state index in [9.17, 15) is 4.79 Å². The van der Waals surface area contributed by atoms with Crippen LogP contribution in [0.3, 0.4) is 0 Å². The number of anilines is 1. The number of aromatic carboxylic acids is 1. The van der Waals surface area contributed by atoms with Gasteiger partial charge in [0.15, 0.2) is 5.13 Å². The lowest BCUT2D eigenvalue weighted by Gasteiger charge is -2.18. The highest BCUT2D eigenvalue weighted by Crippen LogP contribution is 2.32. The van der Waals surface area contributed by atoms with Crippen molar-refractivity contribution in [1.82, 2.24) is 4.98 Å². The van der Waals surface area contributed by atoms with Gasteiger partial charge in [0, 0.05) is 6.54 Å². The summed E-state index contributed by atoms with van der Waals surface area (Å²) in [5.74, 6) is 2.35. The molecule has 1 heterocycles. The first-order valence-electron chi connectivity index (χ1n) is 5.08. The van der Waals surface area contributed by atoms with Gasteiger partial charge in [-0.15, -0.1) is 6.42 Å². The van der Waals surface area contributed by atoms with Crippen molar-refractivity contribution in [3.63, 3.8) is 0 Å². The Morgan fingerprint density at radius 1 is 1.75 bits per heavy atom. The number of thiazole rings is 1. The van der Waals surface area contributed by atoms with Crippen LogP contribution in [0.4, 0.5) is 5.13 Å². The fraction of sp³-hybridized carbons (Fsp3) is 0.455. The van der Waals surface area contributed by atoms with E-state index in [1.807, 2.05) is 4.90 Å². The molecule has 0 bridgehead atoms. The minimum absolute atomic E-state index is 0.257. The molecule has 4 nitrogen and oxygen atoms in total. The quantitative estimate of drug-likeness (QED) is 0.790. The largest absolute Gasteiger partial charge is 0.477 e. The lowest BCUT2D eigenvalue weighted by molar-refractivity contribution is 0.0702. The zero-order chi connectivity index (χ0) is 11.5. The molecule has 0 spiro atoms. The number of hydrogen-bond acceptors (Lipinski definition) is 4. The summed E-state index contributed by atoms with van der Waals surface area (Å²) in [7, 11) is 0. The van der Waals surface area contributed by atoms with E-state index in [0.29, 0.717) is 17.6 Å². The van der Waals surface area contributed by atoms with Crippen LogP contribution in [0, 0.1) is 18.3 Å². The standard InChI is InChI=1S/C11H12N2O2S/c1-2-5-13(7-8-3-4-8)11-12-6-9(16-11)10(14)15/h1,6,8H,3-5,7H2,(H,14,15). The molecule has 0 saturated heterocycles. The Hall–Kier alpha value is -1.54. The van der Waals surface area contributed by atoms with Crippen molar-refractivity contribution in [2.75, 3.05) is 18.0 Å². The number of rotatable bonds is 5. The summed E-state index contributed by atoms with van der Waals surface area (Å²) in [5, 5.41) is 9.53. The summed E-state index contributed by atoms with van der Waals surface area (Å²) in [5.41, 5.74) is 0. The number of hydrogen-bond donors (Lipinski definition) is 1. The second-order valence-electron chi connectivity index (χ2n) is 3.84. The molecule has 1 saturated carbocycles. The number of carbonyl (C=O) groups is 1. The molecular weight excluding hydrogens is 224 g/mol. The molecule has 2 rings (SSSR count). The Balaban J connectivity index is 2.10. The Morgan fingerprint density at radius 2 is 2.50 bits per heavy atom. The average Bonchev–Trinajstić information content (AvgIpc) is 2.92. The number of aromatic nitrogens is 1. The van der Waals surface area contributed by atoms with Crippen molar-refractivity contribution in [3.8, 4) is 12.3 Å². The van der Waals surface area contributed by atoms with Gasteiger partial charge in [-0.1, -0.05) is 17.3 Å². The van der Waals surface area contributed by atoms with Crippen LogP contribution in [0.1, 0.15) is 22.5 Å². The second kappa shape index (κ2) is 4.54. The van der Waals surface area contributed by atoms with E-state index >= 15 is 0 Å². The van der Waals surface area contributed by atoms with Crippen LogP contribution in [-0.4, -0.2) is 29.1 Å². The molecule has 5 heteroatoms. The van der Waals surface area contributed by atoms with Crippen molar-refractivity contribution in [1.29, 1.82) is 0 Å². The van der Waals surface area contributed by atoms with Gasteiger partial charge in [-0.2, -0.15) is 0 Å². The van der Waals surface area contributed by atoms with Crippen molar-refractivity contribution in [3.05, 3.63) is 11.1 Å². The van der Waals surface area contributed by atoms with Crippen LogP contribution < -0.4 is 4.90 Å². The van der Waals surface area contributed by atoms with Gasteiger partial charge in [0.2, 0.25) is 0 Å². The van der Waals surface area contributed by atoms with Crippen LogP contribution in [-0.2, 0) is 0 Å². The van der Waals surface area contributed by atoms with E-state index in [4.69, 9.17) is 11.5 Å².